The molecule has 1 aromatic carbocycles. The summed E-state index contributed by atoms with van der Waals surface area (Å²) in [4.78, 5) is 13.6. The molecule has 1 fully saturated rings. The first-order chi connectivity index (χ1) is 17.6. The van der Waals surface area contributed by atoms with Crippen LogP contribution in [0.3, 0.4) is 0 Å². The summed E-state index contributed by atoms with van der Waals surface area (Å²) in [7, 11) is -5.07. The number of ether oxygens (including phenoxy) is 2. The lowest BCUT2D eigenvalue weighted by Gasteiger charge is -2.27. The molecule has 1 amide bonds. The van der Waals surface area contributed by atoms with Gasteiger partial charge in [0.05, 0.1) is 18.5 Å². The number of carbonyl (C=O) groups excluding carboxylic acids is 1. The smallest absolute Gasteiger partial charge is 0.410 e. The number of nitrogens with one attached hydrogen (secondary N) is 1. The summed E-state index contributed by atoms with van der Waals surface area (Å²) in [6, 6.07) is 2.42. The molecule has 1 aliphatic rings. The summed E-state index contributed by atoms with van der Waals surface area (Å²) in [5, 5.41) is 4.85. The van der Waals surface area contributed by atoms with Gasteiger partial charge in [-0.05, 0) is 82.1 Å². The Kier molecular flexibility index (Phi) is 9.59. The number of nitrogens with zero attached hydrogens (tertiary/aromatic N) is 3. The lowest BCUT2D eigenvalue weighted by molar-refractivity contribution is 0.0293. The van der Waals surface area contributed by atoms with Gasteiger partial charge in [0.15, 0.2) is 0 Å². The summed E-state index contributed by atoms with van der Waals surface area (Å²) in [6.45, 7) is 8.24. The minimum atomic E-state index is -4.26. The Morgan fingerprint density at radius 2 is 2.00 bits per heavy atom. The number of rotatable bonds is 10. The van der Waals surface area contributed by atoms with E-state index < -0.39 is 36.4 Å². The molecule has 2 heterocycles. The van der Waals surface area contributed by atoms with Gasteiger partial charge >= 0.3 is 6.09 Å². The molecule has 1 atom stereocenters. The van der Waals surface area contributed by atoms with E-state index in [4.69, 9.17) is 9.47 Å². The van der Waals surface area contributed by atoms with Crippen molar-refractivity contribution in [2.75, 3.05) is 60.6 Å². The highest BCUT2D eigenvalue weighted by molar-refractivity contribution is 8.32. The number of benzene rings is 1. The Labute approximate surface area is 231 Å². The number of aromatic nitrogens is 1. The summed E-state index contributed by atoms with van der Waals surface area (Å²) in [5.74, 6) is -0.0456. The van der Waals surface area contributed by atoms with Gasteiger partial charge in [0.2, 0.25) is 0 Å². The van der Waals surface area contributed by atoms with Crippen molar-refractivity contribution in [3.05, 3.63) is 35.1 Å². The van der Waals surface area contributed by atoms with Gasteiger partial charge < -0.3 is 19.7 Å². The average molecular weight is 591 g/mol. The third kappa shape index (κ3) is 8.20. The van der Waals surface area contributed by atoms with Crippen LogP contribution in [0.4, 0.5) is 20.6 Å². The maximum atomic E-state index is 15.4. The zero-order chi connectivity index (χ0) is 28.3. The molecule has 0 saturated carbocycles. The van der Waals surface area contributed by atoms with Crippen molar-refractivity contribution in [1.29, 1.82) is 0 Å². The number of hydrogen-bond donors (Lipinski definition) is 1. The standard InChI is InChI=1S/C25H39FN4O5S3/c1-18-12-23(38(32,33)30(20-14-27-36-16-20)17-34-10-11-37(5,6)7)21(26)13-22(18)28-19-8-9-29(15-19)24(31)35-25(2,3)4/h12-14,16,19,28H,8-11,15,17H2,1-7H3/t19-/m0/s1. The minimum absolute atomic E-state index is 0.116. The molecule has 9 nitrogen and oxygen atoms in total. The summed E-state index contributed by atoms with van der Waals surface area (Å²) >= 11 is 1.11. The van der Waals surface area contributed by atoms with Crippen molar-refractivity contribution in [1.82, 2.24) is 9.27 Å². The van der Waals surface area contributed by atoms with E-state index in [1.54, 1.807) is 17.2 Å². The van der Waals surface area contributed by atoms with Crippen molar-refractivity contribution >= 4 is 49.1 Å². The van der Waals surface area contributed by atoms with Gasteiger partial charge in [-0.15, -0.1) is 0 Å². The number of likely N-dealkylation sites (tertiary alicyclic amines) is 1. The Bertz CT molecular complexity index is 1210. The molecule has 1 aliphatic heterocycles. The molecule has 0 bridgehead atoms. The Morgan fingerprint density at radius 3 is 2.61 bits per heavy atom. The number of sulfonamides is 1. The van der Waals surface area contributed by atoms with Crippen LogP contribution >= 0.6 is 21.6 Å². The molecule has 0 unspecified atom stereocenters. The fraction of sp³-hybridized carbons (Fsp3) is 0.600. The summed E-state index contributed by atoms with van der Waals surface area (Å²) in [5.41, 5.74) is 0.785. The van der Waals surface area contributed by atoms with Gasteiger partial charge in [0.25, 0.3) is 10.0 Å². The van der Waals surface area contributed by atoms with E-state index in [2.05, 4.69) is 28.5 Å². The first-order valence-corrected chi connectivity index (χ1v) is 17.6. The highest BCUT2D eigenvalue weighted by Crippen LogP contribution is 2.34. The molecule has 2 aromatic rings. The second-order valence-electron chi connectivity index (χ2n) is 11.2. The number of halogens is 1. The van der Waals surface area contributed by atoms with Gasteiger partial charge in [0.1, 0.15) is 23.0 Å². The van der Waals surface area contributed by atoms with E-state index in [0.29, 0.717) is 43.1 Å². The first kappa shape index (κ1) is 30.5. The van der Waals surface area contributed by atoms with Crippen LogP contribution in [0.1, 0.15) is 32.8 Å². The molecule has 0 radical (unpaired) electrons. The number of anilines is 2. The minimum Gasteiger partial charge on any atom is -0.444 e. The van der Waals surface area contributed by atoms with Crippen LogP contribution in [0.15, 0.2) is 28.6 Å². The lowest BCUT2D eigenvalue weighted by atomic mass is 10.1. The van der Waals surface area contributed by atoms with Gasteiger partial charge in [0, 0.05) is 36.0 Å². The van der Waals surface area contributed by atoms with Crippen LogP contribution in [0, 0.1) is 12.7 Å². The highest BCUT2D eigenvalue weighted by Gasteiger charge is 2.32. The number of aryl methyl sites for hydroxylation is 1. The van der Waals surface area contributed by atoms with Crippen LogP contribution in [0.2, 0.25) is 0 Å². The van der Waals surface area contributed by atoms with Crippen LogP contribution in [0.25, 0.3) is 0 Å². The Morgan fingerprint density at radius 1 is 1.29 bits per heavy atom. The normalized spacial score (nSPS) is 16.9. The summed E-state index contributed by atoms with van der Waals surface area (Å²) in [6.07, 6.45) is 8.16. The maximum Gasteiger partial charge on any atom is 0.410 e. The van der Waals surface area contributed by atoms with Crippen molar-refractivity contribution < 1.29 is 27.1 Å². The van der Waals surface area contributed by atoms with Crippen LogP contribution in [-0.2, 0) is 19.5 Å². The van der Waals surface area contributed by atoms with Crippen LogP contribution in [0.5, 0.6) is 0 Å². The van der Waals surface area contributed by atoms with Gasteiger partial charge in [-0.2, -0.15) is 4.37 Å². The molecule has 1 aromatic heterocycles. The lowest BCUT2D eigenvalue weighted by Crippen LogP contribution is -2.36. The molecule has 38 heavy (non-hydrogen) atoms. The molecular formula is C25H39FN4O5S3. The van der Waals surface area contributed by atoms with E-state index >= 15 is 4.39 Å². The number of hydrogen-bond acceptors (Lipinski definition) is 8. The number of amides is 1. The molecule has 0 aliphatic carbocycles. The zero-order valence-electron chi connectivity index (χ0n) is 23.1. The van der Waals surface area contributed by atoms with E-state index in [0.717, 1.165) is 21.6 Å². The van der Waals surface area contributed by atoms with Crippen molar-refractivity contribution in [3.8, 4) is 0 Å². The Hall–Kier alpha value is -2.09. The molecule has 3 rings (SSSR count). The largest absolute Gasteiger partial charge is 0.444 e. The van der Waals surface area contributed by atoms with Gasteiger partial charge in [-0.25, -0.2) is 31.9 Å². The molecule has 1 N–H and O–H groups in total. The SMILES string of the molecule is Cc1cc(S(=O)(=O)N(COCCS(C)(C)C)c2cnsc2)c(F)cc1N[C@H]1CCN(C(=O)OC(C)(C)C)C1. The third-order valence-corrected chi connectivity index (χ3v) is 9.53. The average Bonchev–Trinajstić information content (AvgIpc) is 3.46. The van der Waals surface area contributed by atoms with E-state index in [1.807, 2.05) is 20.8 Å². The monoisotopic (exact) mass is 590 g/mol. The molecule has 214 valence electrons. The van der Waals surface area contributed by atoms with E-state index in [9.17, 15) is 13.2 Å². The highest BCUT2D eigenvalue weighted by atomic mass is 32.3. The number of carbonyl (C=O) groups is 1. The van der Waals surface area contributed by atoms with E-state index in [-0.39, 0.29) is 18.9 Å². The van der Waals surface area contributed by atoms with Crippen molar-refractivity contribution in [3.63, 3.8) is 0 Å². The fourth-order valence-electron chi connectivity index (χ4n) is 3.78. The van der Waals surface area contributed by atoms with Crippen molar-refractivity contribution in [2.45, 2.75) is 50.7 Å². The van der Waals surface area contributed by atoms with E-state index in [1.165, 1.54) is 18.3 Å². The second-order valence-corrected chi connectivity index (χ2v) is 18.3. The topological polar surface area (TPSA) is 101 Å². The predicted molar refractivity (Wildman–Crippen MR) is 154 cm³/mol. The molecule has 1 saturated heterocycles. The maximum absolute atomic E-state index is 15.4. The van der Waals surface area contributed by atoms with Crippen LogP contribution < -0.4 is 9.62 Å². The van der Waals surface area contributed by atoms with Gasteiger partial charge in [-0.1, -0.05) is 0 Å². The first-order valence-electron chi connectivity index (χ1n) is 12.3. The predicted octanol–water partition coefficient (Wildman–Crippen LogP) is 4.88. The zero-order valence-corrected chi connectivity index (χ0v) is 25.6. The fourth-order valence-corrected chi connectivity index (χ4v) is 6.45. The van der Waals surface area contributed by atoms with Crippen molar-refractivity contribution in [2.24, 2.45) is 0 Å². The Balaban J connectivity index is 1.75. The van der Waals surface area contributed by atoms with Gasteiger partial charge in [-0.3, -0.25) is 0 Å². The molecule has 13 heteroatoms. The quantitative estimate of drug-likeness (QED) is 0.311. The molecule has 0 spiro atoms. The molecular weight excluding hydrogens is 551 g/mol. The third-order valence-electron chi connectivity index (χ3n) is 5.80. The second kappa shape index (κ2) is 12.0. The van der Waals surface area contributed by atoms with Crippen LogP contribution in [-0.4, -0.2) is 86.4 Å². The summed E-state index contributed by atoms with van der Waals surface area (Å²) < 4.78 is 58.8.